The van der Waals surface area contributed by atoms with E-state index in [9.17, 15) is 0 Å². The Morgan fingerprint density at radius 2 is 0.717 bits per heavy atom. The van der Waals surface area contributed by atoms with Crippen molar-refractivity contribution in [1.29, 1.82) is 0 Å². The lowest BCUT2D eigenvalue weighted by atomic mass is 9.93. The minimum absolute atomic E-state index is 0.698. The number of fused-ring (bicyclic) bond motifs is 7. The maximum atomic E-state index is 5.33. The van der Waals surface area contributed by atoms with Crippen molar-refractivity contribution < 1.29 is 0 Å². The second kappa shape index (κ2) is 14.2. The Morgan fingerprint density at radius 1 is 0.250 bits per heavy atom. The van der Waals surface area contributed by atoms with E-state index in [1.165, 1.54) is 67.8 Å². The summed E-state index contributed by atoms with van der Waals surface area (Å²) >= 11 is 3.70. The minimum Gasteiger partial charge on any atom is -0.228 e. The molecule has 0 atom stereocenters. The predicted molar refractivity (Wildman–Crippen MR) is 258 cm³/mol. The van der Waals surface area contributed by atoms with Crippen LogP contribution in [-0.2, 0) is 0 Å². The number of benzene rings is 9. The molecule has 280 valence electrons. The van der Waals surface area contributed by atoms with Crippen LogP contribution in [0.2, 0.25) is 0 Å². The van der Waals surface area contributed by atoms with Crippen LogP contribution in [0.15, 0.2) is 206 Å². The van der Waals surface area contributed by atoms with Crippen LogP contribution >= 0.6 is 22.7 Å². The molecule has 0 fully saturated rings. The van der Waals surface area contributed by atoms with Crippen molar-refractivity contribution in [2.45, 2.75) is 0 Å². The molecule has 0 unspecified atom stereocenters. The van der Waals surface area contributed by atoms with Gasteiger partial charge in [-0.2, -0.15) is 0 Å². The fraction of sp³-hybridized carbons (Fsp3) is 0. The lowest BCUT2D eigenvalue weighted by molar-refractivity contribution is 1.18. The van der Waals surface area contributed by atoms with Gasteiger partial charge in [-0.3, -0.25) is 0 Å². The van der Waals surface area contributed by atoms with Crippen LogP contribution in [0.4, 0.5) is 0 Å². The number of nitrogens with zero attached hydrogens (tertiary/aromatic N) is 2. The first-order chi connectivity index (χ1) is 29.7. The highest BCUT2D eigenvalue weighted by molar-refractivity contribution is 7.26. The van der Waals surface area contributed by atoms with Crippen molar-refractivity contribution in [2.24, 2.45) is 0 Å². The average Bonchev–Trinajstić information content (AvgIpc) is 3.89. The monoisotopic (exact) mass is 798 g/mol. The van der Waals surface area contributed by atoms with Crippen LogP contribution in [0.25, 0.3) is 118 Å². The van der Waals surface area contributed by atoms with Crippen LogP contribution in [0.5, 0.6) is 0 Å². The second-order valence-corrected chi connectivity index (χ2v) is 17.6. The lowest BCUT2D eigenvalue weighted by Gasteiger charge is -2.14. The van der Waals surface area contributed by atoms with Crippen molar-refractivity contribution in [3.05, 3.63) is 206 Å². The summed E-state index contributed by atoms with van der Waals surface area (Å²) in [7, 11) is 0. The summed E-state index contributed by atoms with van der Waals surface area (Å²) in [5, 5.41) is 7.62. The Hall–Kier alpha value is -7.24. The van der Waals surface area contributed by atoms with E-state index in [1.807, 2.05) is 28.7 Å². The van der Waals surface area contributed by atoms with Gasteiger partial charge in [0.15, 0.2) is 5.82 Å². The van der Waals surface area contributed by atoms with E-state index in [1.54, 1.807) is 0 Å². The summed E-state index contributed by atoms with van der Waals surface area (Å²) in [5.41, 5.74) is 11.8. The zero-order valence-corrected chi connectivity index (χ0v) is 34.0. The van der Waals surface area contributed by atoms with Crippen LogP contribution in [-0.4, -0.2) is 9.97 Å². The Bertz CT molecular complexity index is 3620. The zero-order valence-electron chi connectivity index (χ0n) is 32.3. The highest BCUT2D eigenvalue weighted by Gasteiger charge is 2.16. The lowest BCUT2D eigenvalue weighted by Crippen LogP contribution is -1.97. The topological polar surface area (TPSA) is 25.8 Å². The fourth-order valence-corrected chi connectivity index (χ4v) is 10.8. The zero-order chi connectivity index (χ0) is 39.6. The molecule has 0 saturated carbocycles. The quantitative estimate of drug-likeness (QED) is 0.167. The minimum atomic E-state index is 0.698. The highest BCUT2D eigenvalue weighted by Crippen LogP contribution is 2.41. The predicted octanol–water partition coefficient (Wildman–Crippen LogP) is 16.4. The molecule has 0 amide bonds. The summed E-state index contributed by atoms with van der Waals surface area (Å²) in [6.07, 6.45) is 0. The second-order valence-electron chi connectivity index (χ2n) is 15.4. The fourth-order valence-electron chi connectivity index (χ4n) is 8.61. The normalized spacial score (nSPS) is 11.7. The van der Waals surface area contributed by atoms with Gasteiger partial charge >= 0.3 is 0 Å². The van der Waals surface area contributed by atoms with Crippen molar-refractivity contribution in [1.82, 2.24) is 9.97 Å². The summed E-state index contributed by atoms with van der Waals surface area (Å²) in [4.78, 5) is 10.6. The van der Waals surface area contributed by atoms with Crippen LogP contribution in [0, 0.1) is 0 Å². The molecule has 0 spiro atoms. The summed E-state index contributed by atoms with van der Waals surface area (Å²) in [6.45, 7) is 0. The molecule has 0 saturated heterocycles. The third-order valence-electron chi connectivity index (χ3n) is 11.6. The molecule has 12 rings (SSSR count). The Balaban J connectivity index is 1.04. The smallest absolute Gasteiger partial charge is 0.160 e. The molecule has 12 aromatic rings. The summed E-state index contributed by atoms with van der Waals surface area (Å²) < 4.78 is 5.22. The molecule has 2 nitrogen and oxygen atoms in total. The largest absolute Gasteiger partial charge is 0.228 e. The Morgan fingerprint density at radius 3 is 1.42 bits per heavy atom. The van der Waals surface area contributed by atoms with Gasteiger partial charge in [0.25, 0.3) is 0 Å². The van der Waals surface area contributed by atoms with E-state index >= 15 is 0 Å². The third kappa shape index (κ3) is 6.17. The summed E-state index contributed by atoms with van der Waals surface area (Å²) in [6, 6.07) is 74.7. The first-order valence-corrected chi connectivity index (χ1v) is 21.8. The summed E-state index contributed by atoms with van der Waals surface area (Å²) in [5.74, 6) is 0.698. The third-order valence-corrected chi connectivity index (χ3v) is 14.0. The number of hydrogen-bond acceptors (Lipinski definition) is 4. The van der Waals surface area contributed by atoms with Crippen LogP contribution in [0.3, 0.4) is 0 Å². The van der Waals surface area contributed by atoms with Gasteiger partial charge < -0.3 is 0 Å². The molecule has 4 heteroatoms. The van der Waals surface area contributed by atoms with E-state index < -0.39 is 0 Å². The van der Waals surface area contributed by atoms with Gasteiger partial charge in [-0.1, -0.05) is 133 Å². The molecule has 0 bridgehead atoms. The van der Waals surface area contributed by atoms with E-state index in [4.69, 9.17) is 9.97 Å². The molecule has 3 aromatic heterocycles. The average molecular weight is 799 g/mol. The van der Waals surface area contributed by atoms with Gasteiger partial charge in [0.1, 0.15) is 0 Å². The van der Waals surface area contributed by atoms with Crippen LogP contribution in [0.1, 0.15) is 0 Å². The van der Waals surface area contributed by atoms with Crippen molar-refractivity contribution in [3.63, 3.8) is 0 Å². The van der Waals surface area contributed by atoms with Crippen molar-refractivity contribution >= 4 is 73.8 Å². The Labute approximate surface area is 355 Å². The van der Waals surface area contributed by atoms with E-state index in [-0.39, 0.29) is 0 Å². The number of hydrogen-bond donors (Lipinski definition) is 0. The molecule has 0 aliphatic heterocycles. The van der Waals surface area contributed by atoms with Gasteiger partial charge in [0.05, 0.1) is 11.4 Å². The Kier molecular flexibility index (Phi) is 8.25. The van der Waals surface area contributed by atoms with E-state index in [0.29, 0.717) is 5.82 Å². The maximum Gasteiger partial charge on any atom is 0.160 e. The van der Waals surface area contributed by atoms with Gasteiger partial charge in [-0.25, -0.2) is 9.97 Å². The molecule has 0 N–H and O–H groups in total. The number of thiophene rings is 2. The molecule has 60 heavy (non-hydrogen) atoms. The molecule has 0 aliphatic carbocycles. The van der Waals surface area contributed by atoms with Gasteiger partial charge in [0.2, 0.25) is 0 Å². The van der Waals surface area contributed by atoms with Crippen molar-refractivity contribution in [3.8, 4) is 67.3 Å². The first kappa shape index (κ1) is 34.8. The molecular weight excluding hydrogens is 765 g/mol. The van der Waals surface area contributed by atoms with E-state index in [0.717, 1.165) is 44.8 Å². The van der Waals surface area contributed by atoms with Crippen molar-refractivity contribution in [2.75, 3.05) is 0 Å². The molecule has 3 heterocycles. The molecular formula is C56H34N2S2. The van der Waals surface area contributed by atoms with Gasteiger partial charge in [-0.15, -0.1) is 22.7 Å². The first-order valence-electron chi connectivity index (χ1n) is 20.2. The van der Waals surface area contributed by atoms with Crippen LogP contribution < -0.4 is 0 Å². The molecule has 0 aliphatic rings. The van der Waals surface area contributed by atoms with Gasteiger partial charge in [-0.05, 0) is 117 Å². The molecule has 0 radical (unpaired) electrons. The number of rotatable bonds is 6. The number of aromatic nitrogens is 2. The SMILES string of the molecule is c1ccc(-c2nc(-c3cccc(-c4ccc5sc6ccccc6c5c4)c3)cc(-c3cc(-c4ccc5ccccc5c4)cc(-c4ccc5sc6ccccc6c5c4)c3)n2)cc1. The van der Waals surface area contributed by atoms with E-state index in [2.05, 4.69) is 200 Å². The van der Waals surface area contributed by atoms with Gasteiger partial charge in [0, 0.05) is 57.0 Å². The molecule has 9 aromatic carbocycles. The highest BCUT2D eigenvalue weighted by atomic mass is 32.1. The standard InChI is InChI=1S/C56H34N2S2/c1-2-12-36(13-3-1)56-57-50(42-16-10-15-38(28-42)40-23-25-54-48(32-40)46-17-6-8-19-52(46)59-54)34-51(58-56)45-30-43(39-22-21-35-11-4-5-14-37(35)27-39)29-44(31-45)41-24-26-55-49(33-41)47-18-7-9-20-53(47)60-55/h1-34H. The maximum absolute atomic E-state index is 5.33.